The predicted molar refractivity (Wildman–Crippen MR) is 73.5 cm³/mol. The van der Waals surface area contributed by atoms with Crippen molar-refractivity contribution in [2.45, 2.75) is 12.8 Å². The summed E-state index contributed by atoms with van der Waals surface area (Å²) < 4.78 is 0. The molecule has 0 saturated carbocycles. The molecule has 6 nitrogen and oxygen atoms in total. The van der Waals surface area contributed by atoms with Crippen LogP contribution in [0.15, 0.2) is 18.2 Å². The topological polar surface area (TPSA) is 78.6 Å². The molecule has 0 radical (unpaired) electrons. The van der Waals surface area contributed by atoms with Gasteiger partial charge in [0.25, 0.3) is 5.69 Å². The highest BCUT2D eigenvalue weighted by Crippen LogP contribution is 2.29. The van der Waals surface area contributed by atoms with E-state index >= 15 is 0 Å². The van der Waals surface area contributed by atoms with Crippen LogP contribution in [0.1, 0.15) is 12.8 Å². The fraction of sp³-hybridized carbons (Fsp3) is 0.538. The van der Waals surface area contributed by atoms with Crippen molar-refractivity contribution >= 4 is 11.4 Å². The molecular formula is C13H19N3O3. The summed E-state index contributed by atoms with van der Waals surface area (Å²) in [6.07, 6.45) is 2.21. The van der Waals surface area contributed by atoms with Crippen LogP contribution in [0.5, 0.6) is 5.75 Å². The summed E-state index contributed by atoms with van der Waals surface area (Å²) in [5.74, 6) is 0.459. The quantitative estimate of drug-likeness (QED) is 0.495. The number of nitro benzene ring substituents is 1. The van der Waals surface area contributed by atoms with E-state index in [2.05, 4.69) is 17.3 Å². The fourth-order valence-corrected chi connectivity index (χ4v) is 2.34. The molecule has 1 heterocycles. The maximum absolute atomic E-state index is 10.9. The molecule has 0 aromatic heterocycles. The second-order valence-corrected chi connectivity index (χ2v) is 5.09. The third-order valence-corrected chi connectivity index (χ3v) is 3.60. The average Bonchev–Trinajstić information content (AvgIpc) is 2.39. The van der Waals surface area contributed by atoms with Crippen LogP contribution in [0.25, 0.3) is 0 Å². The second-order valence-electron chi connectivity index (χ2n) is 5.09. The number of nitro groups is 1. The standard InChI is InChI=1S/C13H19N3O3/c1-15-6-4-10(5-7-15)9-14-12-3-2-11(17)8-13(12)16(18)19/h2-3,8,10,14,17H,4-7,9H2,1H3. The van der Waals surface area contributed by atoms with Gasteiger partial charge in [0.15, 0.2) is 0 Å². The molecule has 2 rings (SSSR count). The summed E-state index contributed by atoms with van der Waals surface area (Å²) in [7, 11) is 2.11. The van der Waals surface area contributed by atoms with Crippen LogP contribution < -0.4 is 5.32 Å². The van der Waals surface area contributed by atoms with Gasteiger partial charge in [0.05, 0.1) is 11.0 Å². The zero-order valence-electron chi connectivity index (χ0n) is 11.0. The third kappa shape index (κ3) is 3.57. The minimum Gasteiger partial charge on any atom is -0.508 e. The number of rotatable bonds is 4. The van der Waals surface area contributed by atoms with Gasteiger partial charge in [-0.05, 0) is 51.0 Å². The molecule has 1 fully saturated rings. The van der Waals surface area contributed by atoms with Gasteiger partial charge in [0.1, 0.15) is 11.4 Å². The van der Waals surface area contributed by atoms with Crippen LogP contribution in [-0.4, -0.2) is 41.6 Å². The van der Waals surface area contributed by atoms with Crippen LogP contribution in [0.4, 0.5) is 11.4 Å². The Morgan fingerprint density at radius 3 is 2.79 bits per heavy atom. The van der Waals surface area contributed by atoms with E-state index in [4.69, 9.17) is 0 Å². The number of piperidine rings is 1. The summed E-state index contributed by atoms with van der Waals surface area (Å²) in [5, 5.41) is 23.3. The molecule has 0 unspecified atom stereocenters. The number of hydrogen-bond donors (Lipinski definition) is 2. The monoisotopic (exact) mass is 265 g/mol. The molecule has 1 aliphatic rings. The number of phenolic OH excluding ortho intramolecular Hbond substituents is 1. The van der Waals surface area contributed by atoms with E-state index in [1.807, 2.05) is 0 Å². The Bertz CT molecular complexity index is 456. The maximum Gasteiger partial charge on any atom is 0.296 e. The molecule has 1 aromatic rings. The first-order chi connectivity index (χ1) is 9.06. The normalized spacial score (nSPS) is 17.3. The van der Waals surface area contributed by atoms with Crippen molar-refractivity contribution in [2.75, 3.05) is 32.0 Å². The summed E-state index contributed by atoms with van der Waals surface area (Å²) in [6.45, 7) is 2.88. The lowest BCUT2D eigenvalue weighted by Gasteiger charge is -2.29. The van der Waals surface area contributed by atoms with Gasteiger partial charge in [-0.15, -0.1) is 0 Å². The second kappa shape index (κ2) is 5.88. The van der Waals surface area contributed by atoms with Crippen molar-refractivity contribution in [3.05, 3.63) is 28.3 Å². The molecule has 19 heavy (non-hydrogen) atoms. The number of benzene rings is 1. The Morgan fingerprint density at radius 2 is 2.16 bits per heavy atom. The highest BCUT2D eigenvalue weighted by atomic mass is 16.6. The average molecular weight is 265 g/mol. The maximum atomic E-state index is 10.9. The summed E-state index contributed by atoms with van der Waals surface area (Å²) in [6, 6.07) is 4.20. The highest BCUT2D eigenvalue weighted by Gasteiger charge is 2.19. The van der Waals surface area contributed by atoms with Gasteiger partial charge >= 0.3 is 0 Å². The Balaban J connectivity index is 1.97. The molecule has 1 saturated heterocycles. The molecule has 6 heteroatoms. The Kier molecular flexibility index (Phi) is 4.21. The van der Waals surface area contributed by atoms with Gasteiger partial charge in [0, 0.05) is 6.54 Å². The number of anilines is 1. The van der Waals surface area contributed by atoms with E-state index in [0.29, 0.717) is 11.6 Å². The Labute approximate surface area is 112 Å². The zero-order chi connectivity index (χ0) is 13.8. The van der Waals surface area contributed by atoms with E-state index in [9.17, 15) is 15.2 Å². The fourth-order valence-electron chi connectivity index (χ4n) is 2.34. The van der Waals surface area contributed by atoms with Crippen LogP contribution >= 0.6 is 0 Å². The number of nitrogens with one attached hydrogen (secondary N) is 1. The van der Waals surface area contributed by atoms with E-state index in [0.717, 1.165) is 32.5 Å². The SMILES string of the molecule is CN1CCC(CNc2ccc(O)cc2[N+](=O)[O-])CC1. The largest absolute Gasteiger partial charge is 0.508 e. The van der Waals surface area contributed by atoms with Gasteiger partial charge in [-0.25, -0.2) is 0 Å². The molecule has 0 amide bonds. The molecule has 1 aromatic carbocycles. The smallest absolute Gasteiger partial charge is 0.296 e. The number of hydrogen-bond acceptors (Lipinski definition) is 5. The highest BCUT2D eigenvalue weighted by molar-refractivity contribution is 5.63. The van der Waals surface area contributed by atoms with Crippen molar-refractivity contribution in [3.63, 3.8) is 0 Å². The molecule has 1 aliphatic heterocycles. The molecule has 0 bridgehead atoms. The van der Waals surface area contributed by atoms with Crippen LogP contribution in [0, 0.1) is 16.0 Å². The van der Waals surface area contributed by atoms with E-state index in [1.54, 1.807) is 6.07 Å². The van der Waals surface area contributed by atoms with Gasteiger partial charge < -0.3 is 15.3 Å². The molecule has 0 atom stereocenters. The first-order valence-corrected chi connectivity index (χ1v) is 6.46. The lowest BCUT2D eigenvalue weighted by atomic mass is 9.97. The van der Waals surface area contributed by atoms with Crippen molar-refractivity contribution < 1.29 is 10.0 Å². The number of phenols is 1. The summed E-state index contributed by atoms with van der Waals surface area (Å²) in [4.78, 5) is 12.7. The van der Waals surface area contributed by atoms with E-state index < -0.39 is 4.92 Å². The van der Waals surface area contributed by atoms with Crippen molar-refractivity contribution in [1.82, 2.24) is 4.90 Å². The third-order valence-electron chi connectivity index (χ3n) is 3.60. The van der Waals surface area contributed by atoms with Gasteiger partial charge in [-0.2, -0.15) is 0 Å². The molecule has 2 N–H and O–H groups in total. The lowest BCUT2D eigenvalue weighted by molar-refractivity contribution is -0.384. The van der Waals surface area contributed by atoms with Gasteiger partial charge in [0.2, 0.25) is 0 Å². The minimum atomic E-state index is -0.475. The van der Waals surface area contributed by atoms with Gasteiger partial charge in [-0.1, -0.05) is 0 Å². The number of nitrogens with zero attached hydrogens (tertiary/aromatic N) is 2. The predicted octanol–water partition coefficient (Wildman–Crippen LogP) is 2.05. The first-order valence-electron chi connectivity index (χ1n) is 6.46. The number of aromatic hydroxyl groups is 1. The molecular weight excluding hydrogens is 246 g/mol. The molecule has 0 aliphatic carbocycles. The number of likely N-dealkylation sites (tertiary alicyclic amines) is 1. The summed E-state index contributed by atoms with van der Waals surface area (Å²) >= 11 is 0. The van der Waals surface area contributed by atoms with Gasteiger partial charge in [-0.3, -0.25) is 10.1 Å². The van der Waals surface area contributed by atoms with Crippen molar-refractivity contribution in [2.24, 2.45) is 5.92 Å². The van der Waals surface area contributed by atoms with Crippen LogP contribution in [0.3, 0.4) is 0 Å². The van der Waals surface area contributed by atoms with Crippen LogP contribution in [-0.2, 0) is 0 Å². The Hall–Kier alpha value is -1.82. The van der Waals surface area contributed by atoms with E-state index in [1.165, 1.54) is 12.1 Å². The molecule has 0 spiro atoms. The Morgan fingerprint density at radius 1 is 1.47 bits per heavy atom. The lowest BCUT2D eigenvalue weighted by Crippen LogP contribution is -2.33. The minimum absolute atomic E-state index is 0.0760. The van der Waals surface area contributed by atoms with Crippen LogP contribution in [0.2, 0.25) is 0 Å². The van der Waals surface area contributed by atoms with Crippen molar-refractivity contribution in [3.8, 4) is 5.75 Å². The zero-order valence-corrected chi connectivity index (χ0v) is 11.0. The van der Waals surface area contributed by atoms with E-state index in [-0.39, 0.29) is 11.4 Å². The molecule has 104 valence electrons. The van der Waals surface area contributed by atoms with Crippen molar-refractivity contribution in [1.29, 1.82) is 0 Å². The first kappa shape index (κ1) is 13.6. The summed E-state index contributed by atoms with van der Waals surface area (Å²) in [5.41, 5.74) is 0.398.